The lowest BCUT2D eigenvalue weighted by Gasteiger charge is -2.14. The highest BCUT2D eigenvalue weighted by atomic mass is 14.7. The zero-order valence-corrected chi connectivity index (χ0v) is 30.4. The molecular weight excluding hydrogens is 681 g/mol. The van der Waals surface area contributed by atoms with Gasteiger partial charge in [0.25, 0.3) is 0 Å². The molecule has 10 aromatic rings. The molecule has 0 bridgehead atoms. The van der Waals surface area contributed by atoms with E-state index in [0.717, 1.165) is 72.8 Å². The molecule has 4 nitrogen and oxygen atoms in total. The van der Waals surface area contributed by atoms with Gasteiger partial charge >= 0.3 is 0 Å². The van der Waals surface area contributed by atoms with Crippen molar-refractivity contribution in [1.29, 1.82) is 0 Å². The normalized spacial score (nSPS) is 11.2. The summed E-state index contributed by atoms with van der Waals surface area (Å²) in [5.74, 6) is 0. The van der Waals surface area contributed by atoms with E-state index in [-0.39, 0.29) is 0 Å². The minimum Gasteiger partial charge on any atom is -0.265 e. The summed E-state index contributed by atoms with van der Waals surface area (Å²) in [6, 6.07) is 64.6. The molecule has 0 N–H and O–H groups in total. The van der Waals surface area contributed by atoms with Crippen LogP contribution in [-0.4, -0.2) is 19.9 Å². The lowest BCUT2D eigenvalue weighted by Crippen LogP contribution is -1.91. The summed E-state index contributed by atoms with van der Waals surface area (Å²) in [5, 5.41) is 4.97. The number of rotatable bonds is 7. The second-order valence-corrected chi connectivity index (χ2v) is 14.0. The number of nitrogens with zero attached hydrogens (tertiary/aromatic N) is 4. The van der Waals surface area contributed by atoms with Gasteiger partial charge in [-0.1, -0.05) is 97.1 Å². The van der Waals surface area contributed by atoms with Gasteiger partial charge in [0.2, 0.25) is 0 Å². The molecular formula is C52H34N4. The molecule has 4 heteroatoms. The number of fused-ring (bicyclic) bond motifs is 3. The largest absolute Gasteiger partial charge is 0.265 e. The van der Waals surface area contributed by atoms with Crippen LogP contribution in [0.1, 0.15) is 0 Å². The van der Waals surface area contributed by atoms with Crippen LogP contribution in [0.15, 0.2) is 207 Å². The smallest absolute Gasteiger partial charge is 0.0710 e. The van der Waals surface area contributed by atoms with E-state index in [1.54, 1.807) is 24.8 Å². The molecule has 0 aliphatic rings. The average Bonchev–Trinajstić information content (AvgIpc) is 3.29. The van der Waals surface area contributed by atoms with Crippen LogP contribution in [0, 0.1) is 0 Å². The van der Waals surface area contributed by atoms with Crippen LogP contribution in [0.2, 0.25) is 0 Å². The molecule has 0 spiro atoms. The first-order valence-corrected chi connectivity index (χ1v) is 18.8. The topological polar surface area (TPSA) is 51.6 Å². The number of hydrogen-bond donors (Lipinski definition) is 0. The lowest BCUT2D eigenvalue weighted by atomic mass is 9.90. The van der Waals surface area contributed by atoms with Crippen molar-refractivity contribution in [3.8, 4) is 78.4 Å². The van der Waals surface area contributed by atoms with Crippen molar-refractivity contribution < 1.29 is 0 Å². The zero-order chi connectivity index (χ0) is 37.3. The average molecular weight is 715 g/mol. The standard InChI is InChI=1S/C52H34N4/c1-2-12-47-35(7-1)17-18-36-19-20-41(34-48(36)47)46-32-44(39-8-3-10-42(29-39)51-15-5-13-49(55-51)37-21-25-53-26-22-37)31-45(33-46)40-9-4-11-43(30-40)52-16-6-14-50(56-52)38-23-27-54-28-24-38/h1-34H. The molecule has 0 unspecified atom stereocenters. The molecule has 0 radical (unpaired) electrons. The van der Waals surface area contributed by atoms with E-state index in [9.17, 15) is 0 Å². The fourth-order valence-electron chi connectivity index (χ4n) is 7.58. The minimum atomic E-state index is 0.920. The molecule has 4 heterocycles. The highest BCUT2D eigenvalue weighted by Crippen LogP contribution is 2.38. The van der Waals surface area contributed by atoms with E-state index in [1.807, 2.05) is 36.4 Å². The fraction of sp³-hybridized carbons (Fsp3) is 0. The van der Waals surface area contributed by atoms with Crippen molar-refractivity contribution in [2.24, 2.45) is 0 Å². The quantitative estimate of drug-likeness (QED) is 0.154. The molecule has 0 saturated heterocycles. The summed E-state index contributed by atoms with van der Waals surface area (Å²) in [6.07, 6.45) is 7.22. The highest BCUT2D eigenvalue weighted by molar-refractivity contribution is 6.08. The van der Waals surface area contributed by atoms with Gasteiger partial charge in [0.05, 0.1) is 22.8 Å². The van der Waals surface area contributed by atoms with Crippen LogP contribution < -0.4 is 0 Å². The van der Waals surface area contributed by atoms with Gasteiger partial charge in [-0.15, -0.1) is 0 Å². The van der Waals surface area contributed by atoms with E-state index in [1.165, 1.54) is 27.1 Å². The van der Waals surface area contributed by atoms with Gasteiger partial charge in [-0.3, -0.25) is 9.97 Å². The molecule has 0 saturated carbocycles. The number of hydrogen-bond acceptors (Lipinski definition) is 4. The van der Waals surface area contributed by atoms with E-state index in [4.69, 9.17) is 9.97 Å². The Hall–Kier alpha value is -7.56. The summed E-state index contributed by atoms with van der Waals surface area (Å²) in [4.78, 5) is 18.5. The highest BCUT2D eigenvalue weighted by Gasteiger charge is 2.13. The van der Waals surface area contributed by atoms with Gasteiger partial charge in [0.1, 0.15) is 0 Å². The predicted octanol–water partition coefficient (Wildman–Crippen LogP) is 13.2. The van der Waals surface area contributed by atoms with Gasteiger partial charge in [-0.25, -0.2) is 9.97 Å². The maximum absolute atomic E-state index is 5.06. The van der Waals surface area contributed by atoms with Crippen molar-refractivity contribution in [3.05, 3.63) is 207 Å². The monoisotopic (exact) mass is 714 g/mol. The third-order valence-corrected chi connectivity index (χ3v) is 10.4. The van der Waals surface area contributed by atoms with Crippen molar-refractivity contribution in [2.75, 3.05) is 0 Å². The molecule has 0 aliphatic carbocycles. The van der Waals surface area contributed by atoms with Gasteiger partial charge in [-0.2, -0.15) is 0 Å². The second kappa shape index (κ2) is 14.3. The summed E-state index contributed by atoms with van der Waals surface area (Å²) >= 11 is 0. The molecule has 0 atom stereocenters. The van der Waals surface area contributed by atoms with Crippen molar-refractivity contribution >= 4 is 21.5 Å². The van der Waals surface area contributed by atoms with Crippen LogP contribution >= 0.6 is 0 Å². The molecule has 262 valence electrons. The molecule has 0 aliphatic heterocycles. The van der Waals surface area contributed by atoms with Crippen LogP contribution in [0.3, 0.4) is 0 Å². The van der Waals surface area contributed by atoms with Crippen molar-refractivity contribution in [3.63, 3.8) is 0 Å². The molecule has 4 aromatic heterocycles. The molecule has 0 amide bonds. The maximum atomic E-state index is 5.06. The lowest BCUT2D eigenvalue weighted by molar-refractivity contribution is 1.29. The van der Waals surface area contributed by atoms with Gasteiger partial charge in [-0.05, 0) is 140 Å². The Morgan fingerprint density at radius 3 is 1.16 bits per heavy atom. The van der Waals surface area contributed by atoms with E-state index in [0.29, 0.717) is 0 Å². The fourth-order valence-corrected chi connectivity index (χ4v) is 7.58. The SMILES string of the molecule is c1cc(-c2cc(-c3cccc(-c4cccc(-c5ccncc5)n4)c3)cc(-c3ccc4ccc5ccccc5c4c3)c2)cc(-c2cccc(-c3ccncc3)n2)c1. The molecule has 10 rings (SSSR count). The van der Waals surface area contributed by atoms with Gasteiger partial charge in [0, 0.05) is 47.0 Å². The molecule has 56 heavy (non-hydrogen) atoms. The third kappa shape index (κ3) is 6.50. The Bertz CT molecular complexity index is 2880. The van der Waals surface area contributed by atoms with E-state index >= 15 is 0 Å². The third-order valence-electron chi connectivity index (χ3n) is 10.4. The summed E-state index contributed by atoms with van der Waals surface area (Å²) < 4.78 is 0. The summed E-state index contributed by atoms with van der Waals surface area (Å²) in [5.41, 5.74) is 14.7. The van der Waals surface area contributed by atoms with Crippen LogP contribution in [-0.2, 0) is 0 Å². The molecule has 6 aromatic carbocycles. The van der Waals surface area contributed by atoms with Crippen LogP contribution in [0.5, 0.6) is 0 Å². The first kappa shape index (κ1) is 33.0. The predicted molar refractivity (Wildman–Crippen MR) is 231 cm³/mol. The zero-order valence-electron chi connectivity index (χ0n) is 30.4. The van der Waals surface area contributed by atoms with Gasteiger partial charge in [0.15, 0.2) is 0 Å². The Kier molecular flexibility index (Phi) is 8.47. The Balaban J connectivity index is 1.11. The van der Waals surface area contributed by atoms with Crippen LogP contribution in [0.4, 0.5) is 0 Å². The van der Waals surface area contributed by atoms with Crippen molar-refractivity contribution in [1.82, 2.24) is 19.9 Å². The molecule has 0 fully saturated rings. The summed E-state index contributed by atoms with van der Waals surface area (Å²) in [6.45, 7) is 0. The Morgan fingerprint density at radius 2 is 0.625 bits per heavy atom. The maximum Gasteiger partial charge on any atom is 0.0710 e. The first-order valence-electron chi connectivity index (χ1n) is 18.8. The number of benzene rings is 6. The summed E-state index contributed by atoms with van der Waals surface area (Å²) in [7, 11) is 0. The van der Waals surface area contributed by atoms with E-state index in [2.05, 4.69) is 156 Å². The minimum absolute atomic E-state index is 0.920. The van der Waals surface area contributed by atoms with Gasteiger partial charge < -0.3 is 0 Å². The second-order valence-electron chi connectivity index (χ2n) is 14.0. The Labute approximate surface area is 325 Å². The first-order chi connectivity index (χ1) is 27.7. The number of aromatic nitrogens is 4. The Morgan fingerprint density at radius 1 is 0.232 bits per heavy atom. The number of pyridine rings is 4. The van der Waals surface area contributed by atoms with E-state index < -0.39 is 0 Å². The van der Waals surface area contributed by atoms with Crippen LogP contribution in [0.25, 0.3) is 100.0 Å². The van der Waals surface area contributed by atoms with Crippen molar-refractivity contribution in [2.45, 2.75) is 0 Å².